The summed E-state index contributed by atoms with van der Waals surface area (Å²) in [6.07, 6.45) is 0. The Balaban J connectivity index is 1.32. The molecule has 0 saturated heterocycles. The van der Waals surface area contributed by atoms with E-state index in [1.165, 1.54) is 0 Å². The average Bonchev–Trinajstić information content (AvgIpc) is 3.54. The molecule has 230 valence electrons. The largest absolute Gasteiger partial charge is 0.277 e. The Morgan fingerprint density at radius 3 is 1.37 bits per heavy atom. The number of nitrogens with zero attached hydrogens (tertiary/aromatic N) is 4. The molecule has 0 aliphatic rings. The van der Waals surface area contributed by atoms with Crippen molar-refractivity contribution < 1.29 is 0 Å². The third kappa shape index (κ3) is 5.26. The second-order valence-electron chi connectivity index (χ2n) is 12.1. The van der Waals surface area contributed by atoms with E-state index >= 15 is 0 Å². The summed E-state index contributed by atoms with van der Waals surface area (Å²) in [4.78, 5) is 15.7. The Labute approximate surface area is 284 Å². The van der Waals surface area contributed by atoms with E-state index in [-0.39, 0.29) is 0 Å². The van der Waals surface area contributed by atoms with Gasteiger partial charge in [-0.3, -0.25) is 4.57 Å². The van der Waals surface area contributed by atoms with Crippen molar-refractivity contribution >= 4 is 21.8 Å². The maximum absolute atomic E-state index is 5.26. The number of aromatic nitrogens is 4. The Kier molecular flexibility index (Phi) is 7.10. The highest BCUT2D eigenvalue weighted by Gasteiger charge is 2.20. The van der Waals surface area contributed by atoms with E-state index in [9.17, 15) is 0 Å². The van der Waals surface area contributed by atoms with Gasteiger partial charge in [-0.1, -0.05) is 164 Å². The van der Waals surface area contributed by atoms with Crippen LogP contribution >= 0.6 is 0 Å². The number of hydrogen-bond donors (Lipinski definition) is 0. The lowest BCUT2D eigenvalue weighted by Gasteiger charge is -2.14. The zero-order valence-corrected chi connectivity index (χ0v) is 26.6. The monoisotopic (exact) mass is 626 g/mol. The van der Waals surface area contributed by atoms with Gasteiger partial charge in [0.25, 0.3) is 0 Å². The molecule has 0 bridgehead atoms. The summed E-state index contributed by atoms with van der Waals surface area (Å²) in [6, 6.07) is 63.3. The molecule has 0 radical (unpaired) electrons. The van der Waals surface area contributed by atoms with Gasteiger partial charge < -0.3 is 0 Å². The highest BCUT2D eigenvalue weighted by molar-refractivity contribution is 6.13. The highest BCUT2D eigenvalue weighted by Crippen LogP contribution is 2.38. The molecule has 0 atom stereocenters. The molecule has 0 fully saturated rings. The molecule has 0 amide bonds. The summed E-state index contributed by atoms with van der Waals surface area (Å²) in [7, 11) is 0. The molecule has 0 aliphatic heterocycles. The summed E-state index contributed by atoms with van der Waals surface area (Å²) in [5.41, 5.74) is 10.7. The lowest BCUT2D eigenvalue weighted by atomic mass is 10.0. The molecule has 4 nitrogen and oxygen atoms in total. The van der Waals surface area contributed by atoms with Gasteiger partial charge in [0, 0.05) is 27.5 Å². The first-order valence-corrected chi connectivity index (χ1v) is 16.5. The van der Waals surface area contributed by atoms with Crippen molar-refractivity contribution in [1.29, 1.82) is 0 Å². The number of rotatable bonds is 6. The topological polar surface area (TPSA) is 43.6 Å². The van der Waals surface area contributed by atoms with E-state index in [2.05, 4.69) is 174 Å². The van der Waals surface area contributed by atoms with Crippen LogP contribution in [-0.2, 0) is 0 Å². The van der Waals surface area contributed by atoms with E-state index in [0.29, 0.717) is 17.6 Å². The van der Waals surface area contributed by atoms with Crippen LogP contribution < -0.4 is 0 Å². The van der Waals surface area contributed by atoms with Crippen molar-refractivity contribution in [2.45, 2.75) is 0 Å². The fourth-order valence-electron chi connectivity index (χ4n) is 6.74. The van der Waals surface area contributed by atoms with Crippen LogP contribution in [0.25, 0.3) is 83.9 Å². The Morgan fingerprint density at radius 2 is 0.776 bits per heavy atom. The first kappa shape index (κ1) is 28.6. The first-order chi connectivity index (χ1) is 24.3. The van der Waals surface area contributed by atoms with Gasteiger partial charge in [-0.05, 0) is 46.0 Å². The van der Waals surface area contributed by atoms with Gasteiger partial charge in [-0.25, -0.2) is 4.98 Å². The quantitative estimate of drug-likeness (QED) is 0.184. The Morgan fingerprint density at radius 1 is 0.327 bits per heavy atom. The van der Waals surface area contributed by atoms with Crippen LogP contribution in [0, 0.1) is 0 Å². The molecule has 9 aromatic rings. The van der Waals surface area contributed by atoms with Crippen LogP contribution in [0.2, 0.25) is 0 Å². The smallest absolute Gasteiger partial charge is 0.238 e. The molecule has 9 rings (SSSR count). The molecule has 0 N–H and O–H groups in total. The minimum absolute atomic E-state index is 0.574. The molecule has 0 spiro atoms. The van der Waals surface area contributed by atoms with Crippen molar-refractivity contribution in [2.24, 2.45) is 0 Å². The SMILES string of the molecule is c1ccc(-c2cccc(-c3nc(-c4cccc(-c5ccccc5)c4)nc(-n4c5ccccc5c5cccc(-c6ccccc6)c54)n3)c2)cc1. The molecule has 2 heterocycles. The van der Waals surface area contributed by atoms with Gasteiger partial charge in [0.15, 0.2) is 11.6 Å². The Bertz CT molecular complexity index is 2490. The van der Waals surface area contributed by atoms with E-state index in [1.54, 1.807) is 0 Å². The molecular weight excluding hydrogens is 597 g/mol. The number of hydrogen-bond acceptors (Lipinski definition) is 3. The average molecular weight is 627 g/mol. The minimum atomic E-state index is 0.574. The third-order valence-corrected chi connectivity index (χ3v) is 9.06. The molecule has 7 aromatic carbocycles. The van der Waals surface area contributed by atoms with E-state index < -0.39 is 0 Å². The van der Waals surface area contributed by atoms with Crippen molar-refractivity contribution in [1.82, 2.24) is 19.5 Å². The molecule has 2 aromatic heterocycles. The third-order valence-electron chi connectivity index (χ3n) is 9.06. The molecule has 4 heteroatoms. The van der Waals surface area contributed by atoms with E-state index in [4.69, 9.17) is 15.0 Å². The second kappa shape index (κ2) is 12.2. The predicted molar refractivity (Wildman–Crippen MR) is 201 cm³/mol. The number of para-hydroxylation sites is 2. The van der Waals surface area contributed by atoms with Gasteiger partial charge in [0.05, 0.1) is 11.0 Å². The molecule has 0 aliphatic carbocycles. The van der Waals surface area contributed by atoms with Crippen LogP contribution in [0.3, 0.4) is 0 Å². The molecule has 49 heavy (non-hydrogen) atoms. The van der Waals surface area contributed by atoms with Gasteiger partial charge in [-0.2, -0.15) is 9.97 Å². The summed E-state index contributed by atoms with van der Waals surface area (Å²) in [5, 5.41) is 2.30. The van der Waals surface area contributed by atoms with Crippen molar-refractivity contribution in [3.05, 3.63) is 182 Å². The summed E-state index contributed by atoms with van der Waals surface area (Å²) in [6.45, 7) is 0. The van der Waals surface area contributed by atoms with E-state index in [0.717, 1.165) is 66.3 Å². The van der Waals surface area contributed by atoms with Crippen LogP contribution in [0.15, 0.2) is 182 Å². The standard InChI is InChI=1S/C45H30N4/c1-4-15-31(16-5-1)34-21-12-23-36(29-34)43-46-44(37-24-13-22-35(30-37)32-17-6-2-7-18-32)48-45(47-43)49-41-28-11-10-25-39(41)40-27-14-26-38(42(40)49)33-19-8-3-9-20-33/h1-30H. The van der Waals surface area contributed by atoms with E-state index in [1.807, 2.05) is 12.1 Å². The molecular formula is C45H30N4. The highest BCUT2D eigenvalue weighted by atomic mass is 15.2. The fourth-order valence-corrected chi connectivity index (χ4v) is 6.74. The molecule has 0 unspecified atom stereocenters. The predicted octanol–water partition coefficient (Wildman–Crippen LogP) is 11.3. The lowest BCUT2D eigenvalue weighted by molar-refractivity contribution is 0.954. The Hall–Kier alpha value is -6.65. The van der Waals surface area contributed by atoms with Crippen LogP contribution in [-0.4, -0.2) is 19.5 Å². The summed E-state index contributed by atoms with van der Waals surface area (Å²) < 4.78 is 2.21. The molecule has 0 saturated carbocycles. The van der Waals surface area contributed by atoms with Crippen molar-refractivity contribution in [3.63, 3.8) is 0 Å². The first-order valence-electron chi connectivity index (χ1n) is 16.5. The maximum Gasteiger partial charge on any atom is 0.238 e. The van der Waals surface area contributed by atoms with Gasteiger partial charge in [-0.15, -0.1) is 0 Å². The van der Waals surface area contributed by atoms with Crippen molar-refractivity contribution in [3.8, 4) is 62.1 Å². The zero-order valence-electron chi connectivity index (χ0n) is 26.6. The number of benzene rings is 7. The maximum atomic E-state index is 5.26. The normalized spacial score (nSPS) is 11.3. The number of fused-ring (bicyclic) bond motifs is 3. The summed E-state index contributed by atoms with van der Waals surface area (Å²) in [5.74, 6) is 1.81. The lowest BCUT2D eigenvalue weighted by Crippen LogP contribution is -2.07. The fraction of sp³-hybridized carbons (Fsp3) is 0. The summed E-state index contributed by atoms with van der Waals surface area (Å²) >= 11 is 0. The van der Waals surface area contributed by atoms with Crippen LogP contribution in [0.5, 0.6) is 0 Å². The van der Waals surface area contributed by atoms with Crippen LogP contribution in [0.1, 0.15) is 0 Å². The zero-order chi connectivity index (χ0) is 32.6. The van der Waals surface area contributed by atoms with Crippen molar-refractivity contribution in [2.75, 3.05) is 0 Å². The second-order valence-corrected chi connectivity index (χ2v) is 12.1. The minimum Gasteiger partial charge on any atom is -0.277 e. The van der Waals surface area contributed by atoms with Gasteiger partial charge >= 0.3 is 0 Å². The van der Waals surface area contributed by atoms with Gasteiger partial charge in [0.2, 0.25) is 5.95 Å². The van der Waals surface area contributed by atoms with Crippen LogP contribution in [0.4, 0.5) is 0 Å². The van der Waals surface area contributed by atoms with Gasteiger partial charge in [0.1, 0.15) is 0 Å².